The molecule has 6 heteroatoms. The van der Waals surface area contributed by atoms with E-state index >= 15 is 0 Å². The second kappa shape index (κ2) is 5.93. The van der Waals surface area contributed by atoms with Crippen LogP contribution >= 0.6 is 0 Å². The maximum absolute atomic E-state index is 11.1. The van der Waals surface area contributed by atoms with Gasteiger partial charge in [-0.05, 0) is 23.5 Å². The molecule has 0 aliphatic carbocycles. The van der Waals surface area contributed by atoms with Crippen molar-refractivity contribution in [3.8, 4) is 0 Å². The van der Waals surface area contributed by atoms with Gasteiger partial charge in [0.2, 0.25) is 0 Å². The summed E-state index contributed by atoms with van der Waals surface area (Å²) in [5.41, 5.74) is 1.30. The smallest absolute Gasteiger partial charge is 0.832 e. The molecule has 0 fully saturated rings. The predicted octanol–water partition coefficient (Wildman–Crippen LogP) is -7.29. The molecule has 74 valence electrons. The van der Waals surface area contributed by atoms with E-state index in [1.165, 1.54) is 0 Å². The van der Waals surface area contributed by atoms with Gasteiger partial charge in [0, 0.05) is 0 Å². The van der Waals surface area contributed by atoms with Crippen molar-refractivity contribution in [1.29, 1.82) is 0 Å². The number of cyclic esters (lactones) is 1. The van der Waals surface area contributed by atoms with Gasteiger partial charge in [0.15, 0.2) is 0 Å². The van der Waals surface area contributed by atoms with Gasteiger partial charge in [0.25, 0.3) is 0 Å². The first kappa shape index (κ1) is 15.8. The molecule has 1 heterocycles. The van der Waals surface area contributed by atoms with Crippen LogP contribution in [0.3, 0.4) is 0 Å². The summed E-state index contributed by atoms with van der Waals surface area (Å²) in [6.45, 7) is 0. The molecule has 0 saturated carbocycles. The number of hydrogen-bond donors (Lipinski definition) is 0. The Morgan fingerprint density at radius 2 is 1.69 bits per heavy atom. The third-order valence-corrected chi connectivity index (χ3v) is 2.13. The van der Waals surface area contributed by atoms with Gasteiger partial charge in [0.1, 0.15) is 0 Å². The quantitative estimate of drug-likeness (QED) is 0.240. The Morgan fingerprint density at radius 1 is 1.12 bits per heavy atom. The van der Waals surface area contributed by atoms with Crippen LogP contribution in [0.15, 0.2) is 24.3 Å². The van der Waals surface area contributed by atoms with E-state index in [4.69, 9.17) is 0 Å². The minimum atomic E-state index is -2.87. The first-order valence-corrected chi connectivity index (χ1v) is 4.26. The Kier molecular flexibility index (Phi) is 5.86. The third kappa shape index (κ3) is 3.68. The Labute approximate surface area is 117 Å². The van der Waals surface area contributed by atoms with Gasteiger partial charge in [0.05, 0.1) is 6.42 Å². The molecule has 2 rings (SSSR count). The largest absolute Gasteiger partial charge is 1.00 e. The fraction of sp³-hybridized carbons (Fsp3) is 0.300. The molecule has 1 aromatic carbocycles. The van der Waals surface area contributed by atoms with Crippen LogP contribution in [0.2, 0.25) is 0 Å². The Balaban J connectivity index is 0.00000112. The van der Waals surface area contributed by atoms with E-state index in [1.54, 1.807) is 24.3 Å². The molecule has 16 heavy (non-hydrogen) atoms. The Bertz CT molecular complexity index is 379. The molecule has 4 nitrogen and oxygen atoms in total. The van der Waals surface area contributed by atoms with Crippen LogP contribution in [0.25, 0.3) is 0 Å². The van der Waals surface area contributed by atoms with E-state index in [0.29, 0.717) is 11.1 Å². The minimum Gasteiger partial charge on any atom is -0.832 e. The number of rotatable bonds is 0. The molecule has 1 aromatic rings. The van der Waals surface area contributed by atoms with E-state index in [1.807, 2.05) is 0 Å². The van der Waals surface area contributed by atoms with Crippen molar-refractivity contribution in [1.82, 2.24) is 0 Å². The molecule has 0 atom stereocenters. The van der Waals surface area contributed by atoms with Crippen molar-refractivity contribution in [3.63, 3.8) is 0 Å². The maximum atomic E-state index is 11.1. The SMILES string of the molecule is O=C1Cc2ccccc2CC([O-])([O-])O1.[Li+].[Li+]. The van der Waals surface area contributed by atoms with Crippen molar-refractivity contribution in [2.24, 2.45) is 0 Å². The minimum absolute atomic E-state index is 0. The third-order valence-electron chi connectivity index (χ3n) is 2.13. The van der Waals surface area contributed by atoms with Gasteiger partial charge in [-0.15, -0.1) is 0 Å². The van der Waals surface area contributed by atoms with Crippen molar-refractivity contribution < 1.29 is 57.5 Å². The molecule has 1 aliphatic rings. The molecule has 0 amide bonds. The second-order valence-corrected chi connectivity index (χ2v) is 3.28. The molecule has 0 bridgehead atoms. The molecule has 0 N–H and O–H groups in total. The summed E-state index contributed by atoms with van der Waals surface area (Å²) in [6, 6.07) is 6.87. The molecule has 0 aromatic heterocycles. The van der Waals surface area contributed by atoms with Gasteiger partial charge in [-0.1, -0.05) is 24.3 Å². The number of carbonyl (C=O) groups excluding carboxylic acids is 1. The number of esters is 1. The summed E-state index contributed by atoms with van der Waals surface area (Å²) in [7, 11) is 0. The summed E-state index contributed by atoms with van der Waals surface area (Å²) in [6.07, 6.45) is -0.308. The van der Waals surface area contributed by atoms with Crippen molar-refractivity contribution in [2.75, 3.05) is 0 Å². The Morgan fingerprint density at radius 3 is 2.31 bits per heavy atom. The summed E-state index contributed by atoms with van der Waals surface area (Å²) in [5, 5.41) is 22.2. The number of fused-ring (bicyclic) bond motifs is 1. The number of carbonyl (C=O) groups is 1. The summed E-state index contributed by atoms with van der Waals surface area (Å²) < 4.78 is 4.23. The first-order chi connectivity index (χ1) is 6.57. The molecular weight excluding hydrogens is 198 g/mol. The number of benzene rings is 1. The summed E-state index contributed by atoms with van der Waals surface area (Å²) in [5.74, 6) is -3.62. The van der Waals surface area contributed by atoms with Crippen LogP contribution in [0.4, 0.5) is 0 Å². The summed E-state index contributed by atoms with van der Waals surface area (Å²) in [4.78, 5) is 11.0. The normalized spacial score (nSPS) is 17.0. The van der Waals surface area contributed by atoms with Crippen molar-refractivity contribution in [3.05, 3.63) is 35.4 Å². The van der Waals surface area contributed by atoms with E-state index in [2.05, 4.69) is 4.74 Å². The van der Waals surface area contributed by atoms with Crippen LogP contribution in [-0.2, 0) is 22.4 Å². The zero-order valence-electron chi connectivity index (χ0n) is 9.36. The van der Waals surface area contributed by atoms with Crippen LogP contribution in [0.1, 0.15) is 11.1 Å². The van der Waals surface area contributed by atoms with Crippen LogP contribution in [0.5, 0.6) is 0 Å². The standard InChI is InChI=1S/C10H8O4.2Li/c11-9-5-7-3-1-2-4-8(7)6-10(12,13)14-9;;/h1-4H,5-6H2;;/q-2;2*+1. The van der Waals surface area contributed by atoms with Gasteiger partial charge in [-0.3, -0.25) is 4.79 Å². The van der Waals surface area contributed by atoms with Gasteiger partial charge in [-0.2, -0.15) is 0 Å². The predicted molar refractivity (Wildman–Crippen MR) is 42.7 cm³/mol. The zero-order valence-corrected chi connectivity index (χ0v) is 9.36. The van der Waals surface area contributed by atoms with Crippen LogP contribution in [-0.4, -0.2) is 11.9 Å². The monoisotopic (exact) mass is 206 g/mol. The van der Waals surface area contributed by atoms with E-state index in [-0.39, 0.29) is 50.6 Å². The topological polar surface area (TPSA) is 72.4 Å². The average molecular weight is 206 g/mol. The van der Waals surface area contributed by atoms with Crippen molar-refractivity contribution in [2.45, 2.75) is 18.8 Å². The molecule has 0 unspecified atom stereocenters. The van der Waals surface area contributed by atoms with Crippen molar-refractivity contribution >= 4 is 5.97 Å². The number of ether oxygens (including phenoxy) is 1. The fourth-order valence-corrected chi connectivity index (χ4v) is 1.54. The Hall–Kier alpha value is -0.195. The van der Waals surface area contributed by atoms with Crippen LogP contribution < -0.4 is 47.9 Å². The molecule has 0 spiro atoms. The molecule has 0 saturated heterocycles. The van der Waals surface area contributed by atoms with E-state index < -0.39 is 11.9 Å². The maximum Gasteiger partial charge on any atom is 1.00 e. The summed E-state index contributed by atoms with van der Waals surface area (Å²) >= 11 is 0. The van der Waals surface area contributed by atoms with E-state index in [0.717, 1.165) is 0 Å². The van der Waals surface area contributed by atoms with Crippen LogP contribution in [0, 0.1) is 0 Å². The van der Waals surface area contributed by atoms with Gasteiger partial charge < -0.3 is 14.9 Å². The average Bonchev–Trinajstić information content (AvgIpc) is 2.16. The van der Waals surface area contributed by atoms with Gasteiger partial charge >= 0.3 is 43.7 Å². The van der Waals surface area contributed by atoms with E-state index in [9.17, 15) is 15.0 Å². The first-order valence-electron chi connectivity index (χ1n) is 4.26. The number of hydrogen-bond acceptors (Lipinski definition) is 4. The van der Waals surface area contributed by atoms with Gasteiger partial charge in [-0.25, -0.2) is 0 Å². The fourth-order valence-electron chi connectivity index (χ4n) is 1.54. The second-order valence-electron chi connectivity index (χ2n) is 3.28. The molecule has 1 aliphatic heterocycles. The zero-order chi connectivity index (χ0) is 10.2. The molecule has 0 radical (unpaired) electrons. The molecular formula is C10H8Li2O4.